The van der Waals surface area contributed by atoms with Crippen LogP contribution in [0, 0.1) is 0 Å². The van der Waals surface area contributed by atoms with Crippen molar-refractivity contribution in [3.05, 3.63) is 88.8 Å². The van der Waals surface area contributed by atoms with Crippen molar-refractivity contribution in [3.8, 4) is 17.0 Å². The lowest BCUT2D eigenvalue weighted by atomic mass is 10.1. The molecule has 0 atom stereocenters. The molecule has 4 aromatic rings. The zero-order chi connectivity index (χ0) is 17.9. The Morgan fingerprint density at radius 3 is 2.65 bits per heavy atom. The Kier molecular flexibility index (Phi) is 4.19. The highest BCUT2D eigenvalue weighted by molar-refractivity contribution is 5.90. The smallest absolute Gasteiger partial charge is 0.276 e. The van der Waals surface area contributed by atoms with Crippen molar-refractivity contribution in [1.82, 2.24) is 14.8 Å². The van der Waals surface area contributed by atoms with Crippen LogP contribution in [-0.2, 0) is 6.54 Å². The first-order valence-corrected chi connectivity index (χ1v) is 8.30. The van der Waals surface area contributed by atoms with Crippen LogP contribution in [0.1, 0.15) is 5.56 Å². The summed E-state index contributed by atoms with van der Waals surface area (Å²) in [4.78, 5) is 17.3. The van der Waals surface area contributed by atoms with Gasteiger partial charge in [0.05, 0.1) is 19.0 Å². The minimum atomic E-state index is -0.149. The van der Waals surface area contributed by atoms with Crippen molar-refractivity contribution in [2.75, 3.05) is 7.11 Å². The minimum Gasteiger partial charge on any atom is -0.497 e. The SMILES string of the molecule is COc1cccc(-c2nn(Cc3ccccc3)c(=O)c3cccnc23)c1. The molecule has 0 aliphatic rings. The lowest BCUT2D eigenvalue weighted by Crippen LogP contribution is -2.24. The molecule has 0 fully saturated rings. The van der Waals surface area contributed by atoms with Gasteiger partial charge in [-0.3, -0.25) is 9.78 Å². The highest BCUT2D eigenvalue weighted by Gasteiger charge is 2.14. The fraction of sp³-hybridized carbons (Fsp3) is 0.0952. The molecule has 26 heavy (non-hydrogen) atoms. The van der Waals surface area contributed by atoms with Crippen LogP contribution in [-0.4, -0.2) is 21.9 Å². The maximum absolute atomic E-state index is 12.9. The number of rotatable bonds is 4. The number of ether oxygens (including phenoxy) is 1. The second kappa shape index (κ2) is 6.80. The Balaban J connectivity index is 1.94. The Morgan fingerprint density at radius 1 is 1.00 bits per heavy atom. The maximum atomic E-state index is 12.9. The van der Waals surface area contributed by atoms with Gasteiger partial charge in [-0.2, -0.15) is 5.10 Å². The molecule has 5 heteroatoms. The number of aromatic nitrogens is 3. The Hall–Kier alpha value is -3.47. The van der Waals surface area contributed by atoms with Crippen molar-refractivity contribution in [1.29, 1.82) is 0 Å². The third-order valence-corrected chi connectivity index (χ3v) is 4.24. The van der Waals surface area contributed by atoms with Crippen LogP contribution in [0.3, 0.4) is 0 Å². The molecule has 2 aromatic heterocycles. The van der Waals surface area contributed by atoms with Crippen molar-refractivity contribution in [2.24, 2.45) is 0 Å². The van der Waals surface area contributed by atoms with Crippen LogP contribution in [0.25, 0.3) is 22.2 Å². The molecular weight excluding hydrogens is 326 g/mol. The van der Waals surface area contributed by atoms with E-state index >= 15 is 0 Å². The van der Waals surface area contributed by atoms with Crippen LogP contribution in [0.5, 0.6) is 5.75 Å². The predicted molar refractivity (Wildman–Crippen MR) is 101 cm³/mol. The van der Waals surface area contributed by atoms with E-state index in [1.165, 1.54) is 4.68 Å². The first kappa shape index (κ1) is 16.0. The lowest BCUT2D eigenvalue weighted by molar-refractivity contribution is 0.415. The van der Waals surface area contributed by atoms with Gasteiger partial charge in [-0.25, -0.2) is 4.68 Å². The molecule has 0 bridgehead atoms. The molecular formula is C21H17N3O2. The Labute approximate surface area is 150 Å². The lowest BCUT2D eigenvalue weighted by Gasteiger charge is -2.11. The van der Waals surface area contributed by atoms with E-state index in [9.17, 15) is 4.79 Å². The van der Waals surface area contributed by atoms with Gasteiger partial charge in [-0.05, 0) is 29.8 Å². The number of benzene rings is 2. The molecule has 2 heterocycles. The molecule has 0 aliphatic carbocycles. The van der Waals surface area contributed by atoms with Crippen molar-refractivity contribution < 1.29 is 4.74 Å². The van der Waals surface area contributed by atoms with Gasteiger partial charge < -0.3 is 4.74 Å². The molecule has 0 radical (unpaired) electrons. The summed E-state index contributed by atoms with van der Waals surface area (Å²) < 4.78 is 6.82. The summed E-state index contributed by atoms with van der Waals surface area (Å²) in [7, 11) is 1.62. The van der Waals surface area contributed by atoms with Gasteiger partial charge >= 0.3 is 0 Å². The van der Waals surface area contributed by atoms with E-state index < -0.39 is 0 Å². The molecule has 128 valence electrons. The fourth-order valence-electron chi connectivity index (χ4n) is 2.95. The van der Waals surface area contributed by atoms with Gasteiger partial charge in [0, 0.05) is 11.8 Å². The summed E-state index contributed by atoms with van der Waals surface area (Å²) >= 11 is 0. The summed E-state index contributed by atoms with van der Waals surface area (Å²) in [6, 6.07) is 21.0. The molecule has 0 N–H and O–H groups in total. The molecule has 5 nitrogen and oxygen atoms in total. The largest absolute Gasteiger partial charge is 0.497 e. The van der Waals surface area contributed by atoms with E-state index in [0.29, 0.717) is 23.1 Å². The first-order chi connectivity index (χ1) is 12.8. The van der Waals surface area contributed by atoms with Crippen molar-refractivity contribution in [3.63, 3.8) is 0 Å². The van der Waals surface area contributed by atoms with Gasteiger partial charge in [-0.15, -0.1) is 0 Å². The van der Waals surface area contributed by atoms with Gasteiger partial charge in [0.1, 0.15) is 17.0 Å². The summed E-state index contributed by atoms with van der Waals surface area (Å²) in [6.45, 7) is 0.404. The van der Waals surface area contributed by atoms with Crippen LogP contribution in [0.4, 0.5) is 0 Å². The zero-order valence-corrected chi connectivity index (χ0v) is 14.3. The van der Waals surface area contributed by atoms with Crippen molar-refractivity contribution in [2.45, 2.75) is 6.54 Å². The molecule has 4 rings (SSSR count). The highest BCUT2D eigenvalue weighted by Crippen LogP contribution is 2.26. The molecule has 0 unspecified atom stereocenters. The van der Waals surface area contributed by atoms with Gasteiger partial charge in [-0.1, -0.05) is 42.5 Å². The monoisotopic (exact) mass is 343 g/mol. The van der Waals surface area contributed by atoms with E-state index in [2.05, 4.69) is 10.1 Å². The van der Waals surface area contributed by atoms with E-state index in [-0.39, 0.29) is 5.56 Å². The van der Waals surface area contributed by atoms with E-state index in [1.54, 1.807) is 25.4 Å². The van der Waals surface area contributed by atoms with Gasteiger partial charge in [0.15, 0.2) is 0 Å². The molecule has 0 amide bonds. The number of nitrogens with zero attached hydrogens (tertiary/aromatic N) is 3. The number of methoxy groups -OCH3 is 1. The summed E-state index contributed by atoms with van der Waals surface area (Å²) in [5.74, 6) is 0.731. The van der Waals surface area contributed by atoms with E-state index in [1.807, 2.05) is 54.6 Å². The molecule has 0 saturated carbocycles. The number of hydrogen-bond acceptors (Lipinski definition) is 4. The highest BCUT2D eigenvalue weighted by atomic mass is 16.5. The fourth-order valence-corrected chi connectivity index (χ4v) is 2.95. The molecule has 0 saturated heterocycles. The summed E-state index contributed by atoms with van der Waals surface area (Å²) in [5, 5.41) is 5.18. The zero-order valence-electron chi connectivity index (χ0n) is 14.3. The van der Waals surface area contributed by atoms with Crippen LogP contribution in [0.2, 0.25) is 0 Å². The molecule has 0 aliphatic heterocycles. The Morgan fingerprint density at radius 2 is 1.85 bits per heavy atom. The average Bonchev–Trinajstić information content (AvgIpc) is 2.71. The maximum Gasteiger partial charge on any atom is 0.276 e. The Bertz CT molecular complexity index is 1120. The number of hydrogen-bond donors (Lipinski definition) is 0. The summed E-state index contributed by atoms with van der Waals surface area (Å²) in [5.41, 5.74) is 2.98. The van der Waals surface area contributed by atoms with E-state index in [4.69, 9.17) is 4.74 Å². The molecule has 0 spiro atoms. The predicted octanol–water partition coefficient (Wildman–Crippen LogP) is 3.52. The number of pyridine rings is 1. The topological polar surface area (TPSA) is 57.0 Å². The third-order valence-electron chi connectivity index (χ3n) is 4.24. The van der Waals surface area contributed by atoms with Crippen LogP contribution >= 0.6 is 0 Å². The van der Waals surface area contributed by atoms with E-state index in [0.717, 1.165) is 16.9 Å². The van der Waals surface area contributed by atoms with Gasteiger partial charge in [0.25, 0.3) is 5.56 Å². The minimum absolute atomic E-state index is 0.149. The van der Waals surface area contributed by atoms with Gasteiger partial charge in [0.2, 0.25) is 0 Å². The molecule has 2 aromatic carbocycles. The third kappa shape index (κ3) is 2.95. The summed E-state index contributed by atoms with van der Waals surface area (Å²) in [6.07, 6.45) is 1.68. The quantitative estimate of drug-likeness (QED) is 0.569. The normalized spacial score (nSPS) is 10.8. The number of fused-ring (bicyclic) bond motifs is 1. The second-order valence-corrected chi connectivity index (χ2v) is 5.93. The second-order valence-electron chi connectivity index (χ2n) is 5.93. The van der Waals surface area contributed by atoms with Crippen molar-refractivity contribution >= 4 is 10.9 Å². The first-order valence-electron chi connectivity index (χ1n) is 8.30. The van der Waals surface area contributed by atoms with Crippen LogP contribution in [0.15, 0.2) is 77.7 Å². The average molecular weight is 343 g/mol. The standard InChI is InChI=1S/C21H17N3O2/c1-26-17-10-5-9-16(13-17)19-20-18(11-6-12-22-20)21(25)24(23-19)14-15-7-3-2-4-8-15/h2-13H,14H2,1H3. The van der Waals surface area contributed by atoms with Crippen LogP contribution < -0.4 is 10.3 Å².